The molecule has 1 unspecified atom stereocenters. The van der Waals surface area contributed by atoms with Crippen LogP contribution in [0.5, 0.6) is 0 Å². The maximum atomic E-state index is 12.5. The summed E-state index contributed by atoms with van der Waals surface area (Å²) in [6.45, 7) is 2.54. The highest BCUT2D eigenvalue weighted by atomic mass is 35.5. The van der Waals surface area contributed by atoms with Gasteiger partial charge in [-0.3, -0.25) is 9.69 Å². The number of amides is 1. The van der Waals surface area contributed by atoms with Gasteiger partial charge in [-0.15, -0.1) is 0 Å². The van der Waals surface area contributed by atoms with Crippen LogP contribution < -0.4 is 0 Å². The summed E-state index contributed by atoms with van der Waals surface area (Å²) in [5.74, 6) is 0.409. The van der Waals surface area contributed by atoms with E-state index in [1.807, 2.05) is 0 Å². The lowest BCUT2D eigenvalue weighted by molar-refractivity contribution is 0.0588. The first-order valence-electron chi connectivity index (χ1n) is 7.54. The molecule has 2 fully saturated rings. The van der Waals surface area contributed by atoms with E-state index in [2.05, 4.69) is 4.90 Å². The van der Waals surface area contributed by atoms with E-state index in [1.165, 1.54) is 0 Å². The molecule has 0 aromatic heterocycles. The van der Waals surface area contributed by atoms with Gasteiger partial charge in [0.15, 0.2) is 9.84 Å². The Morgan fingerprint density at radius 2 is 1.83 bits per heavy atom. The fraction of sp³-hybridized carbons (Fsp3) is 0.533. The Kier molecular flexibility index (Phi) is 4.88. The first-order valence-corrected chi connectivity index (χ1v) is 10.1. The zero-order chi connectivity index (χ0) is 16.6. The summed E-state index contributed by atoms with van der Waals surface area (Å²) >= 11 is 12.0. The molecule has 2 heterocycles. The second kappa shape index (κ2) is 6.59. The molecule has 0 spiro atoms. The van der Waals surface area contributed by atoms with Gasteiger partial charge in [0.1, 0.15) is 0 Å². The third-order valence-electron chi connectivity index (χ3n) is 4.49. The second-order valence-corrected chi connectivity index (χ2v) is 9.08. The predicted molar refractivity (Wildman–Crippen MR) is 91.0 cm³/mol. The number of halogens is 2. The standard InChI is InChI=1S/C15H18Cl2N2O3S/c16-11-1-2-13(14(17)9-11)15(20)19-6-4-18(5-7-19)12-3-8-23(21,22)10-12/h1-2,9,12H,3-8,10H2. The van der Waals surface area contributed by atoms with Crippen molar-refractivity contribution >= 4 is 38.9 Å². The van der Waals surface area contributed by atoms with Gasteiger partial charge in [0, 0.05) is 37.2 Å². The molecule has 5 nitrogen and oxygen atoms in total. The van der Waals surface area contributed by atoms with E-state index in [4.69, 9.17) is 23.2 Å². The second-order valence-electron chi connectivity index (χ2n) is 6.01. The van der Waals surface area contributed by atoms with E-state index in [0.717, 1.165) is 0 Å². The molecule has 0 aliphatic carbocycles. The highest BCUT2D eigenvalue weighted by molar-refractivity contribution is 7.91. The molecule has 0 radical (unpaired) electrons. The van der Waals surface area contributed by atoms with Crippen molar-refractivity contribution in [2.24, 2.45) is 0 Å². The Morgan fingerprint density at radius 3 is 2.39 bits per heavy atom. The summed E-state index contributed by atoms with van der Waals surface area (Å²) in [6, 6.07) is 4.95. The molecule has 1 amide bonds. The summed E-state index contributed by atoms with van der Waals surface area (Å²) in [6.07, 6.45) is 0.694. The van der Waals surface area contributed by atoms with Crippen LogP contribution in [0.3, 0.4) is 0 Å². The predicted octanol–water partition coefficient (Wildman–Crippen LogP) is 1.94. The number of hydrogen-bond acceptors (Lipinski definition) is 4. The average Bonchev–Trinajstić information content (AvgIpc) is 2.87. The summed E-state index contributed by atoms with van der Waals surface area (Å²) in [5.41, 5.74) is 0.452. The molecule has 1 aromatic carbocycles. The van der Waals surface area contributed by atoms with Crippen LogP contribution in [0.25, 0.3) is 0 Å². The number of piperazine rings is 1. The van der Waals surface area contributed by atoms with Gasteiger partial charge in [-0.25, -0.2) is 8.42 Å². The molecular formula is C15H18Cl2N2O3S. The van der Waals surface area contributed by atoms with E-state index in [9.17, 15) is 13.2 Å². The molecule has 23 heavy (non-hydrogen) atoms. The maximum absolute atomic E-state index is 12.5. The molecule has 3 rings (SSSR count). The van der Waals surface area contributed by atoms with Gasteiger partial charge in [0.2, 0.25) is 0 Å². The normalized spacial score (nSPS) is 24.8. The van der Waals surface area contributed by atoms with Crippen LogP contribution >= 0.6 is 23.2 Å². The summed E-state index contributed by atoms with van der Waals surface area (Å²) < 4.78 is 23.2. The Labute approximate surface area is 146 Å². The number of rotatable bonds is 2. The van der Waals surface area contributed by atoms with Crippen molar-refractivity contribution in [2.75, 3.05) is 37.7 Å². The molecule has 0 saturated carbocycles. The van der Waals surface area contributed by atoms with E-state index < -0.39 is 9.84 Å². The Bertz CT molecular complexity index is 715. The molecule has 1 atom stereocenters. The van der Waals surface area contributed by atoms with Gasteiger partial charge in [0.25, 0.3) is 5.91 Å². The van der Waals surface area contributed by atoms with Gasteiger partial charge < -0.3 is 4.90 Å². The lowest BCUT2D eigenvalue weighted by Gasteiger charge is -2.37. The highest BCUT2D eigenvalue weighted by Gasteiger charge is 2.34. The highest BCUT2D eigenvalue weighted by Crippen LogP contribution is 2.24. The van der Waals surface area contributed by atoms with Crippen molar-refractivity contribution in [3.63, 3.8) is 0 Å². The fourth-order valence-electron chi connectivity index (χ4n) is 3.19. The first-order chi connectivity index (χ1) is 10.9. The minimum absolute atomic E-state index is 0.0939. The topological polar surface area (TPSA) is 57.7 Å². The maximum Gasteiger partial charge on any atom is 0.255 e. The van der Waals surface area contributed by atoms with Crippen LogP contribution in [0, 0.1) is 0 Å². The van der Waals surface area contributed by atoms with E-state index >= 15 is 0 Å². The molecular weight excluding hydrogens is 359 g/mol. The van der Waals surface area contributed by atoms with Crippen LogP contribution in [0.1, 0.15) is 16.8 Å². The Hall–Kier alpha value is -0.820. The summed E-state index contributed by atoms with van der Waals surface area (Å²) in [5, 5.41) is 0.852. The van der Waals surface area contributed by atoms with Crippen LogP contribution in [0.2, 0.25) is 10.0 Å². The van der Waals surface area contributed by atoms with Gasteiger partial charge in [-0.05, 0) is 24.6 Å². The number of nitrogens with zero attached hydrogens (tertiary/aromatic N) is 2. The van der Waals surface area contributed by atoms with E-state index in [0.29, 0.717) is 48.2 Å². The molecule has 0 N–H and O–H groups in total. The Morgan fingerprint density at radius 1 is 1.13 bits per heavy atom. The van der Waals surface area contributed by atoms with E-state index in [1.54, 1.807) is 23.1 Å². The van der Waals surface area contributed by atoms with Gasteiger partial charge in [-0.1, -0.05) is 23.2 Å². The minimum atomic E-state index is -2.88. The molecule has 8 heteroatoms. The van der Waals surface area contributed by atoms with Crippen LogP contribution in [0.4, 0.5) is 0 Å². The molecule has 2 saturated heterocycles. The van der Waals surface area contributed by atoms with Gasteiger partial charge in [0.05, 0.1) is 22.1 Å². The van der Waals surface area contributed by atoms with E-state index in [-0.39, 0.29) is 23.5 Å². The number of hydrogen-bond donors (Lipinski definition) is 0. The monoisotopic (exact) mass is 376 g/mol. The minimum Gasteiger partial charge on any atom is -0.336 e. The SMILES string of the molecule is O=C(c1ccc(Cl)cc1Cl)N1CCN(C2CCS(=O)(=O)C2)CC1. The number of carbonyl (C=O) groups is 1. The lowest BCUT2D eigenvalue weighted by Crippen LogP contribution is -2.52. The molecule has 2 aliphatic rings. The van der Waals surface area contributed by atoms with Gasteiger partial charge >= 0.3 is 0 Å². The zero-order valence-electron chi connectivity index (χ0n) is 12.5. The Balaban J connectivity index is 1.61. The first kappa shape index (κ1) is 17.0. The van der Waals surface area contributed by atoms with Crippen molar-refractivity contribution < 1.29 is 13.2 Å². The van der Waals surface area contributed by atoms with Crippen molar-refractivity contribution in [3.05, 3.63) is 33.8 Å². The number of sulfone groups is 1. The third kappa shape index (κ3) is 3.82. The zero-order valence-corrected chi connectivity index (χ0v) is 14.9. The smallest absolute Gasteiger partial charge is 0.255 e. The van der Waals surface area contributed by atoms with Crippen molar-refractivity contribution in [3.8, 4) is 0 Å². The van der Waals surface area contributed by atoms with Crippen molar-refractivity contribution in [2.45, 2.75) is 12.5 Å². The molecule has 2 aliphatic heterocycles. The van der Waals surface area contributed by atoms with Crippen molar-refractivity contribution in [1.82, 2.24) is 9.80 Å². The average molecular weight is 377 g/mol. The fourth-order valence-corrected chi connectivity index (χ4v) is 5.44. The van der Waals surface area contributed by atoms with Crippen LogP contribution in [-0.2, 0) is 9.84 Å². The molecule has 0 bridgehead atoms. The molecule has 126 valence electrons. The lowest BCUT2D eigenvalue weighted by atomic mass is 10.1. The summed E-state index contributed by atoms with van der Waals surface area (Å²) in [4.78, 5) is 16.5. The third-order valence-corrected chi connectivity index (χ3v) is 6.79. The van der Waals surface area contributed by atoms with Crippen LogP contribution in [0.15, 0.2) is 18.2 Å². The van der Waals surface area contributed by atoms with Gasteiger partial charge in [-0.2, -0.15) is 0 Å². The van der Waals surface area contributed by atoms with Crippen LogP contribution in [-0.4, -0.2) is 67.9 Å². The number of carbonyl (C=O) groups excluding carboxylic acids is 1. The summed E-state index contributed by atoms with van der Waals surface area (Å²) in [7, 11) is -2.88. The quantitative estimate of drug-likeness (QED) is 0.791. The van der Waals surface area contributed by atoms with Crippen molar-refractivity contribution in [1.29, 1.82) is 0 Å². The number of benzene rings is 1. The molecule has 1 aromatic rings. The largest absolute Gasteiger partial charge is 0.336 e.